The average Bonchev–Trinajstić information content (AvgIpc) is 2.84. The lowest BCUT2D eigenvalue weighted by molar-refractivity contribution is 0.476. The maximum Gasteiger partial charge on any atom is 0.0595 e. The van der Waals surface area contributed by atoms with Gasteiger partial charge in [0, 0.05) is 18.8 Å². The number of hydrogen-bond donors (Lipinski definition) is 1. The number of hydrogen-bond acceptors (Lipinski definition) is 2. The minimum Gasteiger partial charge on any atom is -0.308 e. The van der Waals surface area contributed by atoms with Gasteiger partial charge in [-0.2, -0.15) is 5.10 Å². The van der Waals surface area contributed by atoms with Crippen LogP contribution in [0.25, 0.3) is 0 Å². The normalized spacial score (nSPS) is 12.6. The van der Waals surface area contributed by atoms with Crippen LogP contribution in [0, 0.1) is 6.92 Å². The van der Waals surface area contributed by atoms with E-state index < -0.39 is 0 Å². The molecule has 0 saturated carbocycles. The molecule has 1 aromatic carbocycles. The first-order chi connectivity index (χ1) is 9.60. The smallest absolute Gasteiger partial charge is 0.0595 e. The van der Waals surface area contributed by atoms with Gasteiger partial charge in [0.1, 0.15) is 0 Å². The van der Waals surface area contributed by atoms with E-state index in [-0.39, 0.29) is 6.04 Å². The van der Waals surface area contributed by atoms with Crippen LogP contribution in [0.5, 0.6) is 0 Å². The van der Waals surface area contributed by atoms with E-state index in [2.05, 4.69) is 17.3 Å². The lowest BCUT2D eigenvalue weighted by Crippen LogP contribution is -2.25. The quantitative estimate of drug-likeness (QED) is 0.864. The molecule has 0 saturated heterocycles. The molecule has 0 aliphatic rings. The number of benzene rings is 1. The Labute approximate surface area is 129 Å². The van der Waals surface area contributed by atoms with Crippen LogP contribution in [-0.2, 0) is 6.54 Å². The average molecular weight is 312 g/mol. The summed E-state index contributed by atoms with van der Waals surface area (Å²) in [6.07, 6.45) is 4.91. The molecule has 1 N–H and O–H groups in total. The van der Waals surface area contributed by atoms with Crippen LogP contribution < -0.4 is 5.32 Å². The Morgan fingerprint density at radius 3 is 2.70 bits per heavy atom. The predicted octanol–water partition coefficient (Wildman–Crippen LogP) is 4.24. The van der Waals surface area contributed by atoms with Gasteiger partial charge in [-0.1, -0.05) is 36.2 Å². The fraction of sp³-hybridized carbons (Fsp3) is 0.400. The van der Waals surface area contributed by atoms with Crippen LogP contribution >= 0.6 is 23.2 Å². The van der Waals surface area contributed by atoms with E-state index in [0.29, 0.717) is 10.0 Å². The van der Waals surface area contributed by atoms with Crippen LogP contribution in [-0.4, -0.2) is 16.3 Å². The van der Waals surface area contributed by atoms with Crippen molar-refractivity contribution in [2.45, 2.75) is 32.9 Å². The molecule has 108 valence electrons. The lowest BCUT2D eigenvalue weighted by atomic mass is 10.0. The lowest BCUT2D eigenvalue weighted by Gasteiger charge is -2.18. The summed E-state index contributed by atoms with van der Waals surface area (Å²) >= 11 is 12.0. The van der Waals surface area contributed by atoms with Crippen LogP contribution in [0.3, 0.4) is 0 Å². The molecule has 1 unspecified atom stereocenters. The standard InChI is InChI=1S/C15H19Cl2N3/c1-3-15(12-4-5-13(16)14(17)8-12)18-6-7-20-10-11(2)9-19-20/h4-5,8-10,15,18H,3,6-7H2,1-2H3. The first kappa shape index (κ1) is 15.4. The Morgan fingerprint density at radius 1 is 1.30 bits per heavy atom. The van der Waals surface area contributed by atoms with Gasteiger partial charge in [-0.15, -0.1) is 0 Å². The van der Waals surface area contributed by atoms with Crippen molar-refractivity contribution in [3.05, 3.63) is 51.8 Å². The van der Waals surface area contributed by atoms with Crippen LogP contribution in [0.4, 0.5) is 0 Å². The Bertz CT molecular complexity index is 566. The summed E-state index contributed by atoms with van der Waals surface area (Å²) in [6.45, 7) is 5.91. The fourth-order valence-electron chi connectivity index (χ4n) is 2.17. The van der Waals surface area contributed by atoms with E-state index in [9.17, 15) is 0 Å². The third kappa shape index (κ3) is 3.98. The van der Waals surface area contributed by atoms with E-state index in [1.807, 2.05) is 42.2 Å². The number of nitrogens with one attached hydrogen (secondary N) is 1. The third-order valence-corrected chi connectivity index (χ3v) is 3.99. The van der Waals surface area contributed by atoms with Crippen LogP contribution in [0.15, 0.2) is 30.6 Å². The van der Waals surface area contributed by atoms with Crippen molar-refractivity contribution in [1.29, 1.82) is 0 Å². The van der Waals surface area contributed by atoms with Gasteiger partial charge in [0.05, 0.1) is 22.8 Å². The number of halogens is 2. The van der Waals surface area contributed by atoms with Gasteiger partial charge in [0.15, 0.2) is 0 Å². The molecule has 20 heavy (non-hydrogen) atoms. The van der Waals surface area contributed by atoms with Gasteiger partial charge >= 0.3 is 0 Å². The summed E-state index contributed by atoms with van der Waals surface area (Å²) in [6, 6.07) is 6.08. The maximum atomic E-state index is 6.07. The van der Waals surface area contributed by atoms with Crippen molar-refractivity contribution in [2.24, 2.45) is 0 Å². The highest BCUT2D eigenvalue weighted by Gasteiger charge is 2.10. The monoisotopic (exact) mass is 311 g/mol. The van der Waals surface area contributed by atoms with Crippen molar-refractivity contribution in [1.82, 2.24) is 15.1 Å². The second-order valence-electron chi connectivity index (χ2n) is 4.87. The van der Waals surface area contributed by atoms with Crippen LogP contribution in [0.1, 0.15) is 30.5 Å². The van der Waals surface area contributed by atoms with Crippen molar-refractivity contribution >= 4 is 23.2 Å². The summed E-state index contributed by atoms with van der Waals surface area (Å²) in [4.78, 5) is 0. The summed E-state index contributed by atoms with van der Waals surface area (Å²) in [7, 11) is 0. The summed E-state index contributed by atoms with van der Waals surface area (Å²) < 4.78 is 1.95. The molecule has 3 nitrogen and oxygen atoms in total. The Balaban J connectivity index is 1.93. The molecular weight excluding hydrogens is 293 g/mol. The third-order valence-electron chi connectivity index (χ3n) is 3.25. The highest BCUT2D eigenvalue weighted by atomic mass is 35.5. The van der Waals surface area contributed by atoms with Gasteiger partial charge in [-0.05, 0) is 36.6 Å². The first-order valence-corrected chi connectivity index (χ1v) is 7.53. The number of aryl methyl sites for hydroxylation is 1. The van der Waals surface area contributed by atoms with Crippen molar-refractivity contribution in [3.63, 3.8) is 0 Å². The van der Waals surface area contributed by atoms with Gasteiger partial charge in [0.2, 0.25) is 0 Å². The molecule has 0 radical (unpaired) electrons. The summed E-state index contributed by atoms with van der Waals surface area (Å²) in [5.74, 6) is 0. The molecule has 0 bridgehead atoms. The van der Waals surface area contributed by atoms with E-state index in [0.717, 1.165) is 19.5 Å². The van der Waals surface area contributed by atoms with Crippen LogP contribution in [0.2, 0.25) is 10.0 Å². The van der Waals surface area contributed by atoms with Gasteiger partial charge in [-0.25, -0.2) is 0 Å². The molecule has 5 heteroatoms. The zero-order valence-corrected chi connectivity index (χ0v) is 13.2. The Kier molecular flexibility index (Phi) is 5.46. The zero-order valence-electron chi connectivity index (χ0n) is 11.7. The van der Waals surface area contributed by atoms with Crippen molar-refractivity contribution in [2.75, 3.05) is 6.54 Å². The van der Waals surface area contributed by atoms with Crippen molar-refractivity contribution in [3.8, 4) is 0 Å². The molecule has 1 heterocycles. The minimum absolute atomic E-state index is 0.279. The number of aromatic nitrogens is 2. The molecule has 0 amide bonds. The van der Waals surface area contributed by atoms with E-state index in [4.69, 9.17) is 23.2 Å². The molecule has 0 aliphatic carbocycles. The predicted molar refractivity (Wildman–Crippen MR) is 84.5 cm³/mol. The molecule has 0 aliphatic heterocycles. The van der Waals surface area contributed by atoms with E-state index >= 15 is 0 Å². The van der Waals surface area contributed by atoms with Gasteiger partial charge in [-0.3, -0.25) is 4.68 Å². The van der Waals surface area contributed by atoms with Crippen molar-refractivity contribution < 1.29 is 0 Å². The van der Waals surface area contributed by atoms with E-state index in [1.165, 1.54) is 11.1 Å². The van der Waals surface area contributed by atoms with Gasteiger partial charge in [0.25, 0.3) is 0 Å². The summed E-state index contributed by atoms with van der Waals surface area (Å²) in [5.41, 5.74) is 2.35. The SMILES string of the molecule is CCC(NCCn1cc(C)cn1)c1ccc(Cl)c(Cl)c1. The summed E-state index contributed by atoms with van der Waals surface area (Å²) in [5, 5.41) is 9.00. The Hall–Kier alpha value is -1.03. The highest BCUT2D eigenvalue weighted by molar-refractivity contribution is 6.42. The largest absolute Gasteiger partial charge is 0.308 e. The first-order valence-electron chi connectivity index (χ1n) is 6.77. The maximum absolute atomic E-state index is 6.07. The Morgan fingerprint density at radius 2 is 2.10 bits per heavy atom. The molecule has 2 aromatic rings. The molecule has 2 rings (SSSR count). The molecule has 1 aromatic heterocycles. The van der Waals surface area contributed by atoms with E-state index in [1.54, 1.807) is 0 Å². The molecule has 1 atom stereocenters. The minimum atomic E-state index is 0.279. The second kappa shape index (κ2) is 7.11. The number of nitrogens with zero attached hydrogens (tertiary/aromatic N) is 2. The second-order valence-corrected chi connectivity index (χ2v) is 5.68. The number of rotatable bonds is 6. The van der Waals surface area contributed by atoms with Gasteiger partial charge < -0.3 is 5.32 Å². The highest BCUT2D eigenvalue weighted by Crippen LogP contribution is 2.26. The molecule has 0 fully saturated rings. The molecule has 0 spiro atoms. The zero-order chi connectivity index (χ0) is 14.5. The fourth-order valence-corrected chi connectivity index (χ4v) is 2.48. The topological polar surface area (TPSA) is 29.9 Å². The molecular formula is C15H19Cl2N3.